The monoisotopic (exact) mass is 457 g/mol. The Kier molecular flexibility index (Phi) is 7.79. The molecule has 1 heterocycles. The number of benzene rings is 2. The van der Waals surface area contributed by atoms with E-state index in [0.29, 0.717) is 36.5 Å². The molecule has 1 aliphatic heterocycles. The zero-order valence-electron chi connectivity index (χ0n) is 17.1. The second kappa shape index (κ2) is 10.7. The molecule has 0 radical (unpaired) electrons. The second-order valence-corrected chi connectivity index (χ2v) is 7.73. The van der Waals surface area contributed by atoms with Gasteiger partial charge in [0, 0.05) is 29.6 Å². The van der Waals surface area contributed by atoms with Crippen LogP contribution in [-0.4, -0.2) is 48.7 Å². The Morgan fingerprint density at radius 2 is 1.84 bits per heavy atom. The van der Waals surface area contributed by atoms with Crippen molar-refractivity contribution in [2.45, 2.75) is 12.8 Å². The number of hydrogen-bond acceptors (Lipinski definition) is 5. The van der Waals surface area contributed by atoms with Gasteiger partial charge in [0.15, 0.2) is 12.4 Å². The van der Waals surface area contributed by atoms with E-state index < -0.39 is 11.7 Å². The fourth-order valence-electron chi connectivity index (χ4n) is 3.49. The average molecular weight is 458 g/mol. The summed E-state index contributed by atoms with van der Waals surface area (Å²) in [5.41, 5.74) is 0.591. The summed E-state index contributed by atoms with van der Waals surface area (Å²) in [4.78, 5) is 39.0. The number of halogens is 2. The molecular formula is C23H21ClFN3O4. The van der Waals surface area contributed by atoms with Crippen LogP contribution in [0, 0.1) is 23.1 Å². The maximum absolute atomic E-state index is 13.1. The van der Waals surface area contributed by atoms with Crippen LogP contribution in [0.15, 0.2) is 42.5 Å². The number of amides is 2. The van der Waals surface area contributed by atoms with Crippen LogP contribution in [0.3, 0.4) is 0 Å². The highest BCUT2D eigenvalue weighted by molar-refractivity contribution is 6.31. The van der Waals surface area contributed by atoms with Gasteiger partial charge in [0.05, 0.1) is 11.6 Å². The van der Waals surface area contributed by atoms with E-state index in [1.165, 1.54) is 42.5 Å². The molecule has 0 atom stereocenters. The van der Waals surface area contributed by atoms with Crippen LogP contribution in [-0.2, 0) is 4.79 Å². The topological polar surface area (TPSA) is 99.5 Å². The lowest BCUT2D eigenvalue weighted by atomic mass is 9.89. The molecular weight excluding hydrogens is 437 g/mol. The largest absolute Gasteiger partial charge is 0.483 e. The number of ether oxygens (including phenoxy) is 1. The molecule has 1 N–H and O–H groups in total. The van der Waals surface area contributed by atoms with Crippen molar-refractivity contribution in [3.8, 4) is 11.8 Å². The van der Waals surface area contributed by atoms with Gasteiger partial charge in [-0.05, 0) is 55.3 Å². The van der Waals surface area contributed by atoms with Crippen molar-refractivity contribution in [1.82, 2.24) is 10.2 Å². The third-order valence-corrected chi connectivity index (χ3v) is 5.45. The van der Waals surface area contributed by atoms with Gasteiger partial charge in [-0.15, -0.1) is 0 Å². The van der Waals surface area contributed by atoms with E-state index in [-0.39, 0.29) is 42.1 Å². The highest BCUT2D eigenvalue weighted by Gasteiger charge is 2.28. The van der Waals surface area contributed by atoms with Crippen LogP contribution in [0.25, 0.3) is 0 Å². The summed E-state index contributed by atoms with van der Waals surface area (Å²) in [5, 5.41) is 11.4. The van der Waals surface area contributed by atoms with Crippen molar-refractivity contribution in [3.05, 3.63) is 64.4 Å². The predicted molar refractivity (Wildman–Crippen MR) is 115 cm³/mol. The Labute approximate surface area is 189 Å². The minimum atomic E-state index is -0.531. The fraction of sp³-hybridized carbons (Fsp3) is 0.304. The van der Waals surface area contributed by atoms with Gasteiger partial charge in [0.2, 0.25) is 0 Å². The quantitative estimate of drug-likeness (QED) is 0.508. The summed E-state index contributed by atoms with van der Waals surface area (Å²) in [5.74, 6) is -1.29. The van der Waals surface area contributed by atoms with Gasteiger partial charge in [-0.25, -0.2) is 4.39 Å². The number of likely N-dealkylation sites (tertiary alicyclic amines) is 1. The van der Waals surface area contributed by atoms with Crippen LogP contribution in [0.2, 0.25) is 5.02 Å². The molecule has 2 aromatic carbocycles. The summed E-state index contributed by atoms with van der Waals surface area (Å²) in [6, 6.07) is 11.7. The Morgan fingerprint density at radius 3 is 2.50 bits per heavy atom. The first kappa shape index (κ1) is 23.2. The van der Waals surface area contributed by atoms with Crippen LogP contribution < -0.4 is 10.1 Å². The lowest BCUT2D eigenvalue weighted by Gasteiger charge is -2.31. The molecule has 1 saturated heterocycles. The summed E-state index contributed by atoms with van der Waals surface area (Å²) in [6.07, 6.45) is 1.01. The van der Waals surface area contributed by atoms with Crippen molar-refractivity contribution in [2.75, 3.05) is 26.2 Å². The van der Waals surface area contributed by atoms with Crippen molar-refractivity contribution in [2.24, 2.45) is 5.92 Å². The van der Waals surface area contributed by atoms with Crippen LogP contribution >= 0.6 is 11.6 Å². The van der Waals surface area contributed by atoms with E-state index in [0.717, 1.165) is 0 Å². The maximum Gasteiger partial charge on any atom is 0.260 e. The van der Waals surface area contributed by atoms with Gasteiger partial charge in [0.1, 0.15) is 18.1 Å². The van der Waals surface area contributed by atoms with Crippen LogP contribution in [0.1, 0.15) is 33.6 Å². The summed E-state index contributed by atoms with van der Waals surface area (Å²) < 4.78 is 18.6. The Morgan fingerprint density at radius 1 is 1.16 bits per heavy atom. The molecule has 3 rings (SSSR count). The molecule has 9 heteroatoms. The molecule has 2 aromatic rings. The highest BCUT2D eigenvalue weighted by atomic mass is 35.5. The number of hydrogen-bond donors (Lipinski definition) is 1. The molecule has 32 heavy (non-hydrogen) atoms. The SMILES string of the molecule is N#CCNC(=O)c1cc(Cl)ccc1OCC(=O)N1CCC(C(=O)c2ccc(F)cc2)CC1. The van der Waals surface area contributed by atoms with Gasteiger partial charge in [-0.2, -0.15) is 5.26 Å². The van der Waals surface area contributed by atoms with E-state index >= 15 is 0 Å². The van der Waals surface area contributed by atoms with E-state index in [2.05, 4.69) is 5.32 Å². The number of nitrogens with one attached hydrogen (secondary N) is 1. The smallest absolute Gasteiger partial charge is 0.260 e. The van der Waals surface area contributed by atoms with Crippen molar-refractivity contribution in [3.63, 3.8) is 0 Å². The summed E-state index contributed by atoms with van der Waals surface area (Å²) in [6.45, 7) is 0.345. The van der Waals surface area contributed by atoms with Gasteiger partial charge >= 0.3 is 0 Å². The first-order valence-corrected chi connectivity index (χ1v) is 10.4. The number of ketones is 1. The number of nitrogens with zero attached hydrogens (tertiary/aromatic N) is 2. The van der Waals surface area contributed by atoms with Gasteiger partial charge in [0.25, 0.3) is 11.8 Å². The molecule has 1 aliphatic rings. The predicted octanol–water partition coefficient (Wildman–Crippen LogP) is 3.23. The molecule has 0 aromatic heterocycles. The van der Waals surface area contributed by atoms with E-state index in [4.69, 9.17) is 21.6 Å². The molecule has 0 bridgehead atoms. The number of carbonyl (C=O) groups is 3. The number of Topliss-reactive ketones (excluding diaryl/α,β-unsaturated/α-hetero) is 1. The zero-order valence-corrected chi connectivity index (χ0v) is 17.9. The molecule has 7 nitrogen and oxygen atoms in total. The number of carbonyl (C=O) groups excluding carboxylic acids is 3. The minimum Gasteiger partial charge on any atom is -0.483 e. The second-order valence-electron chi connectivity index (χ2n) is 7.30. The third-order valence-electron chi connectivity index (χ3n) is 5.21. The Bertz CT molecular complexity index is 1040. The number of nitriles is 1. The first-order chi connectivity index (χ1) is 15.4. The average Bonchev–Trinajstić information content (AvgIpc) is 2.81. The Balaban J connectivity index is 1.54. The molecule has 0 spiro atoms. The Hall–Kier alpha value is -3.44. The van der Waals surface area contributed by atoms with Crippen molar-refractivity contribution >= 4 is 29.2 Å². The maximum atomic E-state index is 13.1. The van der Waals surface area contributed by atoms with E-state index in [1.807, 2.05) is 6.07 Å². The van der Waals surface area contributed by atoms with Crippen LogP contribution in [0.4, 0.5) is 4.39 Å². The molecule has 2 amide bonds. The molecule has 0 unspecified atom stereocenters. The lowest BCUT2D eigenvalue weighted by molar-refractivity contribution is -0.134. The van der Waals surface area contributed by atoms with E-state index in [9.17, 15) is 18.8 Å². The normalized spacial score (nSPS) is 13.8. The summed E-state index contributed by atoms with van der Waals surface area (Å²) >= 11 is 5.95. The first-order valence-electron chi connectivity index (χ1n) is 10.0. The zero-order chi connectivity index (χ0) is 23.1. The van der Waals surface area contributed by atoms with Gasteiger partial charge in [-0.3, -0.25) is 14.4 Å². The number of piperidine rings is 1. The van der Waals surface area contributed by atoms with Crippen molar-refractivity contribution in [1.29, 1.82) is 5.26 Å². The van der Waals surface area contributed by atoms with Crippen LogP contribution in [0.5, 0.6) is 5.75 Å². The van der Waals surface area contributed by atoms with E-state index in [1.54, 1.807) is 4.90 Å². The van der Waals surface area contributed by atoms with Gasteiger partial charge in [-0.1, -0.05) is 11.6 Å². The highest BCUT2D eigenvalue weighted by Crippen LogP contribution is 2.24. The lowest BCUT2D eigenvalue weighted by Crippen LogP contribution is -2.42. The van der Waals surface area contributed by atoms with Gasteiger partial charge < -0.3 is 15.0 Å². The molecule has 0 aliphatic carbocycles. The summed E-state index contributed by atoms with van der Waals surface area (Å²) in [7, 11) is 0. The number of rotatable bonds is 7. The third kappa shape index (κ3) is 5.83. The minimum absolute atomic E-state index is 0.0532. The standard InChI is InChI=1S/C23H21ClFN3O4/c24-17-3-6-20(19(13-17)23(31)27-10-9-26)32-14-21(29)28-11-7-16(8-12-28)22(30)15-1-4-18(25)5-2-15/h1-6,13,16H,7-8,10-12,14H2,(H,27,31). The van der Waals surface area contributed by atoms with Crippen molar-refractivity contribution < 1.29 is 23.5 Å². The molecule has 166 valence electrons. The molecule has 1 fully saturated rings. The molecule has 0 saturated carbocycles. The fourth-order valence-corrected chi connectivity index (χ4v) is 3.66.